The van der Waals surface area contributed by atoms with E-state index in [1.807, 2.05) is 45.0 Å². The van der Waals surface area contributed by atoms with Crippen molar-refractivity contribution >= 4 is 39.1 Å². The fourth-order valence-corrected chi connectivity index (χ4v) is 5.15. The third kappa shape index (κ3) is 8.13. The van der Waals surface area contributed by atoms with Crippen LogP contribution in [0.5, 0.6) is 5.75 Å². The zero-order valence-electron chi connectivity index (χ0n) is 21.6. The summed E-state index contributed by atoms with van der Waals surface area (Å²) in [6, 6.07) is 11.8. The SMILES string of the molecule is CCNC(=O)[C@@H](CC)N(Cc1ccc(OC)cc1)C(=O)CCCN(c1cc(Cl)ccc1C)S(C)(=O)=O. The van der Waals surface area contributed by atoms with Crippen LogP contribution in [0.4, 0.5) is 5.69 Å². The molecule has 2 aromatic carbocycles. The van der Waals surface area contributed by atoms with Crippen molar-refractivity contribution in [2.24, 2.45) is 0 Å². The highest BCUT2D eigenvalue weighted by molar-refractivity contribution is 7.92. The highest BCUT2D eigenvalue weighted by atomic mass is 35.5. The van der Waals surface area contributed by atoms with Gasteiger partial charge in [-0.15, -0.1) is 0 Å². The first-order chi connectivity index (χ1) is 17.0. The minimum atomic E-state index is -3.60. The molecule has 198 valence electrons. The molecule has 0 saturated heterocycles. The van der Waals surface area contributed by atoms with Gasteiger partial charge in [0.05, 0.1) is 19.1 Å². The van der Waals surface area contributed by atoms with Crippen molar-refractivity contribution in [2.45, 2.75) is 52.6 Å². The van der Waals surface area contributed by atoms with E-state index in [0.717, 1.165) is 17.4 Å². The van der Waals surface area contributed by atoms with Gasteiger partial charge in [0.25, 0.3) is 0 Å². The summed E-state index contributed by atoms with van der Waals surface area (Å²) >= 11 is 6.11. The summed E-state index contributed by atoms with van der Waals surface area (Å²) in [6.07, 6.45) is 1.94. The Morgan fingerprint density at radius 2 is 1.78 bits per heavy atom. The molecule has 0 bridgehead atoms. The first-order valence-corrected chi connectivity index (χ1v) is 14.2. The molecule has 36 heavy (non-hydrogen) atoms. The number of methoxy groups -OCH3 is 1. The van der Waals surface area contributed by atoms with Crippen molar-refractivity contribution in [2.75, 3.05) is 30.8 Å². The maximum absolute atomic E-state index is 13.4. The molecule has 0 aliphatic heterocycles. The molecule has 2 amide bonds. The Labute approximate surface area is 219 Å². The number of anilines is 1. The number of hydrogen-bond acceptors (Lipinski definition) is 5. The van der Waals surface area contributed by atoms with Gasteiger partial charge < -0.3 is 15.0 Å². The molecule has 0 aromatic heterocycles. The largest absolute Gasteiger partial charge is 0.497 e. The van der Waals surface area contributed by atoms with Crippen LogP contribution in [0, 0.1) is 6.92 Å². The quantitative estimate of drug-likeness (QED) is 0.414. The number of rotatable bonds is 13. The molecule has 0 fully saturated rings. The van der Waals surface area contributed by atoms with Gasteiger partial charge in [0.2, 0.25) is 21.8 Å². The van der Waals surface area contributed by atoms with E-state index in [-0.39, 0.29) is 37.7 Å². The van der Waals surface area contributed by atoms with Crippen LogP contribution >= 0.6 is 11.6 Å². The minimum absolute atomic E-state index is 0.0810. The van der Waals surface area contributed by atoms with Crippen LogP contribution in [0.1, 0.15) is 44.2 Å². The van der Waals surface area contributed by atoms with Gasteiger partial charge in [-0.25, -0.2) is 8.42 Å². The average Bonchev–Trinajstić information content (AvgIpc) is 2.83. The van der Waals surface area contributed by atoms with Crippen LogP contribution in [0.2, 0.25) is 5.02 Å². The number of amides is 2. The lowest BCUT2D eigenvalue weighted by Crippen LogP contribution is -2.49. The smallest absolute Gasteiger partial charge is 0.242 e. The van der Waals surface area contributed by atoms with Gasteiger partial charge in [0, 0.05) is 31.1 Å². The molecule has 1 N–H and O–H groups in total. The fourth-order valence-electron chi connectivity index (χ4n) is 3.97. The van der Waals surface area contributed by atoms with E-state index in [4.69, 9.17) is 16.3 Å². The van der Waals surface area contributed by atoms with Gasteiger partial charge in [-0.1, -0.05) is 36.7 Å². The fraction of sp³-hybridized carbons (Fsp3) is 0.462. The number of likely N-dealkylation sites (N-methyl/N-ethyl adjacent to an activating group) is 1. The van der Waals surface area contributed by atoms with Crippen molar-refractivity contribution in [1.29, 1.82) is 0 Å². The van der Waals surface area contributed by atoms with E-state index in [2.05, 4.69) is 5.32 Å². The van der Waals surface area contributed by atoms with E-state index in [0.29, 0.717) is 29.4 Å². The molecule has 10 heteroatoms. The third-order valence-electron chi connectivity index (χ3n) is 5.84. The lowest BCUT2D eigenvalue weighted by molar-refractivity contribution is -0.141. The molecule has 0 heterocycles. The number of nitrogens with zero attached hydrogens (tertiary/aromatic N) is 2. The summed E-state index contributed by atoms with van der Waals surface area (Å²) in [7, 11) is -2.02. The summed E-state index contributed by atoms with van der Waals surface area (Å²) in [5.74, 6) is 0.263. The van der Waals surface area contributed by atoms with Gasteiger partial charge in [-0.3, -0.25) is 13.9 Å². The van der Waals surface area contributed by atoms with Gasteiger partial charge in [0.1, 0.15) is 11.8 Å². The first kappa shape index (κ1) is 29.5. The predicted molar refractivity (Wildman–Crippen MR) is 144 cm³/mol. The molecule has 0 aliphatic rings. The minimum Gasteiger partial charge on any atom is -0.497 e. The van der Waals surface area contributed by atoms with E-state index in [1.54, 1.807) is 30.2 Å². The number of hydrogen-bond donors (Lipinski definition) is 1. The molecule has 0 spiro atoms. The summed E-state index contributed by atoms with van der Waals surface area (Å²) in [6.45, 7) is 6.33. The lowest BCUT2D eigenvalue weighted by Gasteiger charge is -2.31. The predicted octanol–water partition coefficient (Wildman–Crippen LogP) is 4.15. The third-order valence-corrected chi connectivity index (χ3v) is 7.26. The Hall–Kier alpha value is -2.78. The number of aryl methyl sites for hydroxylation is 1. The Morgan fingerprint density at radius 3 is 2.33 bits per heavy atom. The molecule has 0 unspecified atom stereocenters. The monoisotopic (exact) mass is 537 g/mol. The van der Waals surface area contributed by atoms with Crippen molar-refractivity contribution < 1.29 is 22.7 Å². The molecule has 8 nitrogen and oxygen atoms in total. The number of sulfonamides is 1. The Bertz CT molecular complexity index is 1140. The number of carbonyl (C=O) groups excluding carboxylic acids is 2. The van der Waals surface area contributed by atoms with E-state index in [9.17, 15) is 18.0 Å². The Kier molecular flexibility index (Phi) is 11.0. The molecule has 0 saturated carbocycles. The number of carbonyl (C=O) groups is 2. The number of halogens is 1. The van der Waals surface area contributed by atoms with Crippen LogP contribution < -0.4 is 14.4 Å². The van der Waals surface area contributed by atoms with E-state index >= 15 is 0 Å². The second kappa shape index (κ2) is 13.5. The highest BCUT2D eigenvalue weighted by Gasteiger charge is 2.28. The summed E-state index contributed by atoms with van der Waals surface area (Å²) in [5, 5.41) is 3.24. The Balaban J connectivity index is 2.23. The van der Waals surface area contributed by atoms with Crippen molar-refractivity contribution in [3.05, 3.63) is 58.6 Å². The van der Waals surface area contributed by atoms with Crippen molar-refractivity contribution in [3.63, 3.8) is 0 Å². The lowest BCUT2D eigenvalue weighted by atomic mass is 10.1. The summed E-state index contributed by atoms with van der Waals surface area (Å²) < 4.78 is 31.6. The molecule has 0 radical (unpaired) electrons. The number of nitrogens with one attached hydrogen (secondary N) is 1. The summed E-state index contributed by atoms with van der Waals surface area (Å²) in [5.41, 5.74) is 2.11. The summed E-state index contributed by atoms with van der Waals surface area (Å²) in [4.78, 5) is 27.7. The highest BCUT2D eigenvalue weighted by Crippen LogP contribution is 2.27. The maximum atomic E-state index is 13.4. The second-order valence-corrected chi connectivity index (χ2v) is 10.9. The molecule has 1 atom stereocenters. The standard InChI is InChI=1S/C26H36ClN3O5S/c1-6-23(26(32)28-7-2)29(18-20-11-14-22(35-4)15-12-20)25(31)9-8-16-30(36(5,33)34)24-17-21(27)13-10-19(24)3/h10-15,17,23H,6-9,16,18H2,1-5H3,(H,28,32)/t23-/m1/s1. The number of ether oxygens (including phenoxy) is 1. The topological polar surface area (TPSA) is 96.0 Å². The molecular weight excluding hydrogens is 502 g/mol. The van der Waals surface area contributed by atoms with Crippen LogP contribution in [0.3, 0.4) is 0 Å². The van der Waals surface area contributed by atoms with E-state index < -0.39 is 16.1 Å². The number of benzene rings is 2. The normalized spacial score (nSPS) is 12.1. The van der Waals surface area contributed by atoms with Crippen LogP contribution in [-0.4, -0.2) is 57.6 Å². The Morgan fingerprint density at radius 1 is 1.11 bits per heavy atom. The van der Waals surface area contributed by atoms with E-state index in [1.165, 1.54) is 4.31 Å². The van der Waals surface area contributed by atoms with Crippen LogP contribution in [0.15, 0.2) is 42.5 Å². The zero-order chi connectivity index (χ0) is 26.9. The average molecular weight is 538 g/mol. The van der Waals surface area contributed by atoms with Crippen LogP contribution in [0.25, 0.3) is 0 Å². The molecular formula is C26H36ClN3O5S. The first-order valence-electron chi connectivity index (χ1n) is 12.0. The maximum Gasteiger partial charge on any atom is 0.242 e. The van der Waals surface area contributed by atoms with Crippen LogP contribution in [-0.2, 0) is 26.2 Å². The molecule has 2 rings (SSSR count). The zero-order valence-corrected chi connectivity index (χ0v) is 23.2. The second-order valence-electron chi connectivity index (χ2n) is 8.56. The van der Waals surface area contributed by atoms with Gasteiger partial charge in [-0.2, -0.15) is 0 Å². The van der Waals surface area contributed by atoms with Gasteiger partial charge in [0.15, 0.2) is 0 Å². The molecule has 0 aliphatic carbocycles. The van der Waals surface area contributed by atoms with Gasteiger partial charge in [-0.05, 0) is 62.1 Å². The van der Waals surface area contributed by atoms with Gasteiger partial charge >= 0.3 is 0 Å². The van der Waals surface area contributed by atoms with Crippen molar-refractivity contribution in [3.8, 4) is 5.75 Å². The van der Waals surface area contributed by atoms with Crippen molar-refractivity contribution in [1.82, 2.24) is 10.2 Å². The molecule has 2 aromatic rings.